The molecular formula is C33H38N8O2. The number of pyridine rings is 1. The van der Waals surface area contributed by atoms with Crippen LogP contribution in [0.4, 0.5) is 17.3 Å². The number of aryl methyl sites for hydroxylation is 1. The van der Waals surface area contributed by atoms with Gasteiger partial charge in [0.25, 0.3) is 5.56 Å². The number of piperazine rings is 1. The third-order valence-electron chi connectivity index (χ3n) is 10.6. The molecule has 5 aliphatic rings. The molecule has 0 radical (unpaired) electrons. The molecule has 10 nitrogen and oxygen atoms in total. The summed E-state index contributed by atoms with van der Waals surface area (Å²) in [5.74, 6) is 0.936. The van der Waals surface area contributed by atoms with Crippen LogP contribution in [0.25, 0.3) is 16.9 Å². The number of benzene rings is 1. The number of aliphatic hydroxyl groups is 1. The maximum Gasteiger partial charge on any atom is 0.278 e. The Balaban J connectivity index is 1.12. The second-order valence-corrected chi connectivity index (χ2v) is 12.9. The first-order valence-electron chi connectivity index (χ1n) is 15.5. The van der Waals surface area contributed by atoms with E-state index in [0.29, 0.717) is 40.6 Å². The summed E-state index contributed by atoms with van der Waals surface area (Å²) < 4.78 is 3.31. The van der Waals surface area contributed by atoms with Crippen LogP contribution >= 0.6 is 0 Å². The number of hydrogen-bond acceptors (Lipinski definition) is 8. The molecule has 3 saturated heterocycles. The Morgan fingerprint density at radius 3 is 2.56 bits per heavy atom. The van der Waals surface area contributed by atoms with E-state index in [1.165, 1.54) is 12.1 Å². The van der Waals surface area contributed by atoms with Gasteiger partial charge in [0, 0.05) is 48.2 Å². The van der Waals surface area contributed by atoms with Crippen molar-refractivity contribution in [3.63, 3.8) is 0 Å². The number of hydrogen-bond donors (Lipinski definition) is 2. The zero-order chi connectivity index (χ0) is 29.5. The van der Waals surface area contributed by atoms with Crippen molar-refractivity contribution < 1.29 is 5.11 Å². The molecule has 1 saturated carbocycles. The first-order valence-corrected chi connectivity index (χ1v) is 15.5. The second kappa shape index (κ2) is 9.49. The zero-order valence-corrected chi connectivity index (χ0v) is 24.8. The highest BCUT2D eigenvalue weighted by molar-refractivity contribution is 5.77. The van der Waals surface area contributed by atoms with E-state index in [1.807, 2.05) is 19.1 Å². The van der Waals surface area contributed by atoms with Gasteiger partial charge in [0.2, 0.25) is 5.95 Å². The lowest BCUT2D eigenvalue weighted by Gasteiger charge is -2.56. The molecule has 1 aromatic carbocycles. The summed E-state index contributed by atoms with van der Waals surface area (Å²) in [5.41, 5.74) is 3.00. The average Bonchev–Trinajstić information content (AvgIpc) is 3.76. The van der Waals surface area contributed by atoms with Gasteiger partial charge in [0.15, 0.2) is 11.5 Å². The Kier molecular flexibility index (Phi) is 5.87. The number of nitrogens with zero attached hydrogens (tertiary/aromatic N) is 7. The first kappa shape index (κ1) is 26.6. The Morgan fingerprint density at radius 2 is 1.86 bits per heavy atom. The summed E-state index contributed by atoms with van der Waals surface area (Å²) in [6.45, 7) is 11.6. The SMILES string of the molecule is C=CCn1c(=O)c2cnc(Nc3ccc(N4CC5CC(C4)N5CC)cc3)nc2n1-c1ccc2c(n1)C(C)(O)C1(CC2)CC1. The molecule has 1 spiro atoms. The highest BCUT2D eigenvalue weighted by atomic mass is 16.3. The summed E-state index contributed by atoms with van der Waals surface area (Å²) in [5, 5.41) is 15.4. The van der Waals surface area contributed by atoms with Crippen LogP contribution in [0.3, 0.4) is 0 Å². The molecule has 2 bridgehead atoms. The van der Waals surface area contributed by atoms with E-state index in [2.05, 4.69) is 57.9 Å². The van der Waals surface area contributed by atoms with Crippen LogP contribution in [-0.4, -0.2) is 66.0 Å². The van der Waals surface area contributed by atoms with Gasteiger partial charge >= 0.3 is 0 Å². The van der Waals surface area contributed by atoms with Gasteiger partial charge in [-0.3, -0.25) is 9.69 Å². The number of piperidine rings is 1. The monoisotopic (exact) mass is 578 g/mol. The number of allylic oxidation sites excluding steroid dienone is 1. The van der Waals surface area contributed by atoms with Crippen LogP contribution in [0.5, 0.6) is 0 Å². The van der Waals surface area contributed by atoms with Gasteiger partial charge in [-0.2, -0.15) is 4.98 Å². The minimum absolute atomic E-state index is 0.0930. The Morgan fingerprint density at radius 1 is 1.09 bits per heavy atom. The molecular weight excluding hydrogens is 540 g/mol. The summed E-state index contributed by atoms with van der Waals surface area (Å²) in [6, 6.07) is 13.7. The fourth-order valence-corrected chi connectivity index (χ4v) is 7.88. The molecule has 9 rings (SSSR count). The number of likely N-dealkylation sites (N-methyl/N-ethyl adjacent to an activating group) is 1. The predicted octanol–water partition coefficient (Wildman–Crippen LogP) is 4.12. The van der Waals surface area contributed by atoms with E-state index in [1.54, 1.807) is 21.6 Å². The standard InChI is InChI=1S/C33H38N8O2/c1-4-16-40-30(42)26-18-34-31(35-22-7-9-23(10-8-22)38-19-24-17-25(20-38)39(24)5-2)37-29(26)41(40)27-11-6-21-12-13-33(14-15-33)32(3,43)28(21)36-27/h4,6-11,18,24-25,43H,1,5,12-17,19-20H2,2-3H3,(H,34,35,37). The Bertz CT molecular complexity index is 1790. The van der Waals surface area contributed by atoms with Crippen molar-refractivity contribution in [2.75, 3.05) is 29.9 Å². The van der Waals surface area contributed by atoms with Crippen molar-refractivity contribution in [3.05, 3.63) is 76.9 Å². The topological polar surface area (TPSA) is 104 Å². The lowest BCUT2D eigenvalue weighted by molar-refractivity contribution is -0.0371. The van der Waals surface area contributed by atoms with E-state index in [0.717, 1.165) is 56.6 Å². The molecule has 0 amide bonds. The highest BCUT2D eigenvalue weighted by Gasteiger charge is 2.59. The minimum atomic E-state index is -1.01. The van der Waals surface area contributed by atoms with Crippen LogP contribution < -0.4 is 15.8 Å². The molecule has 3 aromatic heterocycles. The number of fused-ring (bicyclic) bond motifs is 4. The first-order chi connectivity index (χ1) is 20.8. The molecule has 3 unspecified atom stereocenters. The van der Waals surface area contributed by atoms with Crippen LogP contribution in [-0.2, 0) is 18.6 Å². The van der Waals surface area contributed by atoms with E-state index < -0.39 is 5.60 Å². The fraction of sp³-hybridized carbons (Fsp3) is 0.455. The van der Waals surface area contributed by atoms with Gasteiger partial charge in [0.1, 0.15) is 11.0 Å². The zero-order valence-electron chi connectivity index (χ0n) is 24.8. The number of nitrogens with one attached hydrogen (secondary N) is 1. The van der Waals surface area contributed by atoms with Gasteiger partial charge in [-0.05, 0) is 81.5 Å². The summed E-state index contributed by atoms with van der Waals surface area (Å²) in [6.07, 6.45) is 8.47. The van der Waals surface area contributed by atoms with Crippen molar-refractivity contribution in [2.24, 2.45) is 5.41 Å². The number of aromatic nitrogens is 5. The van der Waals surface area contributed by atoms with Gasteiger partial charge in [-0.1, -0.05) is 19.1 Å². The Hall–Kier alpha value is -4.02. The van der Waals surface area contributed by atoms with Gasteiger partial charge in [-0.15, -0.1) is 6.58 Å². The maximum atomic E-state index is 13.5. The largest absolute Gasteiger partial charge is 0.383 e. The highest BCUT2D eigenvalue weighted by Crippen LogP contribution is 2.63. The third kappa shape index (κ3) is 3.99. The molecule has 2 N–H and O–H groups in total. The number of rotatable bonds is 7. The van der Waals surface area contributed by atoms with E-state index >= 15 is 0 Å². The molecule has 3 atom stereocenters. The molecule has 4 aromatic rings. The maximum absolute atomic E-state index is 13.5. The molecule has 222 valence electrons. The summed E-state index contributed by atoms with van der Waals surface area (Å²) >= 11 is 0. The average molecular weight is 579 g/mol. The molecule has 43 heavy (non-hydrogen) atoms. The van der Waals surface area contributed by atoms with Gasteiger partial charge < -0.3 is 15.3 Å². The van der Waals surface area contributed by atoms with Gasteiger partial charge in [-0.25, -0.2) is 19.3 Å². The van der Waals surface area contributed by atoms with Crippen LogP contribution in [0, 0.1) is 5.41 Å². The molecule has 6 heterocycles. The minimum Gasteiger partial charge on any atom is -0.383 e. The molecule has 10 heteroatoms. The second-order valence-electron chi connectivity index (χ2n) is 12.9. The molecule has 3 aliphatic heterocycles. The third-order valence-corrected chi connectivity index (χ3v) is 10.6. The van der Waals surface area contributed by atoms with Crippen molar-refractivity contribution in [1.82, 2.24) is 29.2 Å². The van der Waals surface area contributed by atoms with Crippen molar-refractivity contribution in [1.29, 1.82) is 0 Å². The quantitative estimate of drug-likeness (QED) is 0.316. The van der Waals surface area contributed by atoms with Crippen molar-refractivity contribution in [3.8, 4) is 5.82 Å². The summed E-state index contributed by atoms with van der Waals surface area (Å²) in [4.78, 5) is 32.9. The number of anilines is 3. The lowest BCUT2D eigenvalue weighted by atomic mass is 9.72. The smallest absolute Gasteiger partial charge is 0.278 e. The van der Waals surface area contributed by atoms with Crippen LogP contribution in [0.15, 0.2) is 60.0 Å². The van der Waals surface area contributed by atoms with E-state index in [4.69, 9.17) is 9.97 Å². The van der Waals surface area contributed by atoms with Gasteiger partial charge in [0.05, 0.1) is 12.2 Å². The van der Waals surface area contributed by atoms with Crippen molar-refractivity contribution in [2.45, 2.75) is 70.2 Å². The summed E-state index contributed by atoms with van der Waals surface area (Å²) in [7, 11) is 0. The Labute approximate surface area is 250 Å². The fourth-order valence-electron chi connectivity index (χ4n) is 7.88. The molecule has 4 fully saturated rings. The predicted molar refractivity (Wildman–Crippen MR) is 167 cm³/mol. The van der Waals surface area contributed by atoms with E-state index in [-0.39, 0.29) is 17.5 Å². The molecule has 2 aliphatic carbocycles. The van der Waals surface area contributed by atoms with Crippen LogP contribution in [0.1, 0.15) is 50.8 Å². The van der Waals surface area contributed by atoms with Crippen molar-refractivity contribution >= 4 is 28.4 Å². The van der Waals surface area contributed by atoms with Crippen LogP contribution in [0.2, 0.25) is 0 Å². The normalized spacial score (nSPS) is 25.4. The lowest BCUT2D eigenvalue weighted by Crippen LogP contribution is -2.68. The van der Waals surface area contributed by atoms with E-state index in [9.17, 15) is 9.90 Å².